The van der Waals surface area contributed by atoms with Crippen LogP contribution in [0, 0.1) is 0 Å². The molecule has 1 aliphatic heterocycles. The fourth-order valence-electron chi connectivity index (χ4n) is 3.04. The normalized spacial score (nSPS) is 18.0. The predicted octanol–water partition coefficient (Wildman–Crippen LogP) is 2.24. The van der Waals surface area contributed by atoms with Gasteiger partial charge in [0.25, 0.3) is 5.91 Å². The Hall–Kier alpha value is -2.50. The van der Waals surface area contributed by atoms with Crippen LogP contribution in [0.4, 0.5) is 0 Å². The third-order valence-corrected chi connectivity index (χ3v) is 4.26. The zero-order valence-corrected chi connectivity index (χ0v) is 13.2. The van der Waals surface area contributed by atoms with Crippen molar-refractivity contribution in [3.8, 4) is 5.69 Å². The van der Waals surface area contributed by atoms with Crippen LogP contribution >= 0.6 is 0 Å². The quantitative estimate of drug-likeness (QED) is 0.868. The molecule has 1 atom stereocenters. The second kappa shape index (κ2) is 6.73. The molecule has 3 rings (SSSR count). The summed E-state index contributed by atoms with van der Waals surface area (Å²) >= 11 is 0. The molecule has 0 aliphatic carbocycles. The van der Waals surface area contributed by atoms with Gasteiger partial charge in [-0.1, -0.05) is 18.2 Å². The fourth-order valence-corrected chi connectivity index (χ4v) is 3.04. The molecule has 2 heterocycles. The summed E-state index contributed by atoms with van der Waals surface area (Å²) in [5.41, 5.74) is 1.36. The average molecular weight is 312 g/mol. The minimum absolute atomic E-state index is 0.0848. The summed E-state index contributed by atoms with van der Waals surface area (Å²) in [6.45, 7) is 2.49. The van der Waals surface area contributed by atoms with Crippen LogP contribution < -0.4 is 0 Å². The van der Waals surface area contributed by atoms with E-state index in [0.29, 0.717) is 18.5 Å². The zero-order valence-electron chi connectivity index (χ0n) is 13.2. The molecule has 0 spiro atoms. The first kappa shape index (κ1) is 15.4. The molecule has 1 aromatic carbocycles. The maximum Gasteiger partial charge on any atom is 0.254 e. The number of hydrogen-bond acceptors (Lipinski definition) is 4. The van der Waals surface area contributed by atoms with Crippen molar-refractivity contribution < 1.29 is 9.59 Å². The van der Waals surface area contributed by atoms with Crippen LogP contribution in [0.1, 0.15) is 43.0 Å². The summed E-state index contributed by atoms with van der Waals surface area (Å²) in [6, 6.07) is 6.99. The minimum Gasteiger partial charge on any atom is -0.329 e. The van der Waals surface area contributed by atoms with Crippen LogP contribution in [0.3, 0.4) is 0 Å². The number of benzene rings is 1. The third-order valence-electron chi connectivity index (χ3n) is 4.26. The van der Waals surface area contributed by atoms with E-state index in [9.17, 15) is 9.59 Å². The third kappa shape index (κ3) is 3.16. The maximum atomic E-state index is 12.9. The van der Waals surface area contributed by atoms with Crippen molar-refractivity contribution in [3.05, 3.63) is 42.2 Å². The number of rotatable bonds is 4. The van der Waals surface area contributed by atoms with Gasteiger partial charge in [-0.15, -0.1) is 5.10 Å². The zero-order chi connectivity index (χ0) is 16.2. The van der Waals surface area contributed by atoms with Gasteiger partial charge in [0.2, 0.25) is 0 Å². The van der Waals surface area contributed by atoms with Crippen LogP contribution in [-0.4, -0.2) is 44.2 Å². The van der Waals surface area contributed by atoms with Crippen LogP contribution in [0.25, 0.3) is 5.69 Å². The number of piperidine rings is 1. The molecule has 0 radical (unpaired) electrons. The Bertz CT molecular complexity index is 696. The van der Waals surface area contributed by atoms with Gasteiger partial charge in [-0.25, -0.2) is 4.68 Å². The van der Waals surface area contributed by atoms with Crippen LogP contribution in [0.2, 0.25) is 0 Å². The monoisotopic (exact) mass is 312 g/mol. The molecule has 1 saturated heterocycles. The summed E-state index contributed by atoms with van der Waals surface area (Å²) in [5.74, 6) is 0.0592. The largest absolute Gasteiger partial charge is 0.329 e. The van der Waals surface area contributed by atoms with E-state index in [1.807, 2.05) is 19.1 Å². The molecule has 0 unspecified atom stereocenters. The van der Waals surface area contributed by atoms with Crippen molar-refractivity contribution >= 4 is 11.7 Å². The van der Waals surface area contributed by atoms with Gasteiger partial charge in [0.05, 0.1) is 24.1 Å². The lowest BCUT2D eigenvalue weighted by atomic mass is 9.96. The Labute approximate surface area is 135 Å². The molecule has 6 heteroatoms. The second-order valence-corrected chi connectivity index (χ2v) is 5.73. The van der Waals surface area contributed by atoms with Crippen molar-refractivity contribution in [3.63, 3.8) is 0 Å². The van der Waals surface area contributed by atoms with Gasteiger partial charge in [-0.2, -0.15) is 0 Å². The van der Waals surface area contributed by atoms with E-state index in [1.165, 1.54) is 0 Å². The van der Waals surface area contributed by atoms with Gasteiger partial charge < -0.3 is 4.90 Å². The Kier molecular flexibility index (Phi) is 4.50. The van der Waals surface area contributed by atoms with Crippen molar-refractivity contribution in [2.45, 2.75) is 38.6 Å². The SMILES string of the molecule is CCC(=O)[C@@H]1CCCCN1C(=O)c1cccc(-n2ccnn2)c1. The molecule has 2 aromatic rings. The van der Waals surface area contributed by atoms with Crippen LogP contribution in [0.5, 0.6) is 0 Å². The molecular weight excluding hydrogens is 292 g/mol. The molecule has 0 N–H and O–H groups in total. The highest BCUT2D eigenvalue weighted by Crippen LogP contribution is 2.22. The molecule has 1 aliphatic rings. The number of carbonyl (C=O) groups is 2. The smallest absolute Gasteiger partial charge is 0.254 e. The molecule has 6 nitrogen and oxygen atoms in total. The summed E-state index contributed by atoms with van der Waals surface area (Å²) in [4.78, 5) is 26.8. The topological polar surface area (TPSA) is 68.1 Å². The summed E-state index contributed by atoms with van der Waals surface area (Å²) in [7, 11) is 0. The first-order chi connectivity index (χ1) is 11.2. The molecule has 120 valence electrons. The number of ketones is 1. The summed E-state index contributed by atoms with van der Waals surface area (Å²) in [6.07, 6.45) is 6.50. The van der Waals surface area contributed by atoms with Crippen LogP contribution in [-0.2, 0) is 4.79 Å². The van der Waals surface area contributed by atoms with E-state index >= 15 is 0 Å². The standard InChI is InChI=1S/C17H20N4O2/c1-2-16(22)15-8-3-4-10-20(15)17(23)13-6-5-7-14(12-13)21-11-9-18-19-21/h5-7,9,11-12,15H,2-4,8,10H2,1H3/t15-/m0/s1. The first-order valence-electron chi connectivity index (χ1n) is 8.01. The van der Waals surface area contributed by atoms with Crippen molar-refractivity contribution in [2.75, 3.05) is 6.54 Å². The van der Waals surface area contributed by atoms with E-state index in [0.717, 1.165) is 24.9 Å². The van der Waals surface area contributed by atoms with Gasteiger partial charge >= 0.3 is 0 Å². The van der Waals surface area contributed by atoms with Crippen molar-refractivity contribution in [2.24, 2.45) is 0 Å². The molecule has 23 heavy (non-hydrogen) atoms. The molecule has 0 saturated carbocycles. The van der Waals surface area contributed by atoms with Gasteiger partial charge in [0.15, 0.2) is 5.78 Å². The lowest BCUT2D eigenvalue weighted by molar-refractivity contribution is -0.124. The molecule has 0 bridgehead atoms. The fraction of sp³-hybridized carbons (Fsp3) is 0.412. The maximum absolute atomic E-state index is 12.9. The number of aromatic nitrogens is 3. The van der Waals surface area contributed by atoms with E-state index in [-0.39, 0.29) is 17.7 Å². The average Bonchev–Trinajstić information content (AvgIpc) is 3.15. The van der Waals surface area contributed by atoms with Crippen LogP contribution in [0.15, 0.2) is 36.7 Å². The first-order valence-corrected chi connectivity index (χ1v) is 8.01. The second-order valence-electron chi connectivity index (χ2n) is 5.73. The van der Waals surface area contributed by atoms with E-state index in [2.05, 4.69) is 10.3 Å². The Morgan fingerprint density at radius 1 is 1.30 bits per heavy atom. The predicted molar refractivity (Wildman–Crippen MR) is 85.3 cm³/mol. The number of nitrogens with zero attached hydrogens (tertiary/aromatic N) is 4. The molecule has 1 fully saturated rings. The van der Waals surface area contributed by atoms with E-state index in [1.54, 1.807) is 34.1 Å². The number of carbonyl (C=O) groups excluding carboxylic acids is 2. The highest BCUT2D eigenvalue weighted by Gasteiger charge is 2.31. The Balaban J connectivity index is 1.87. The van der Waals surface area contributed by atoms with E-state index in [4.69, 9.17) is 0 Å². The molecule has 1 amide bonds. The summed E-state index contributed by atoms with van der Waals surface area (Å²) < 4.78 is 1.61. The van der Waals surface area contributed by atoms with Gasteiger partial charge in [-0.3, -0.25) is 9.59 Å². The Morgan fingerprint density at radius 2 is 2.17 bits per heavy atom. The molecular formula is C17H20N4O2. The Morgan fingerprint density at radius 3 is 2.91 bits per heavy atom. The van der Waals surface area contributed by atoms with E-state index < -0.39 is 0 Å². The minimum atomic E-state index is -0.281. The van der Waals surface area contributed by atoms with Gasteiger partial charge in [0, 0.05) is 18.5 Å². The number of amides is 1. The van der Waals surface area contributed by atoms with Crippen molar-refractivity contribution in [1.82, 2.24) is 19.9 Å². The number of hydrogen-bond donors (Lipinski definition) is 0. The molecule has 1 aromatic heterocycles. The number of likely N-dealkylation sites (tertiary alicyclic amines) is 1. The highest BCUT2D eigenvalue weighted by atomic mass is 16.2. The highest BCUT2D eigenvalue weighted by molar-refractivity contribution is 5.98. The summed E-state index contributed by atoms with van der Waals surface area (Å²) in [5, 5.41) is 7.73. The van der Waals surface area contributed by atoms with Gasteiger partial charge in [0.1, 0.15) is 0 Å². The number of Topliss-reactive ketones (excluding diaryl/α,β-unsaturated/α-hetero) is 1. The lowest BCUT2D eigenvalue weighted by Crippen LogP contribution is -2.47. The van der Waals surface area contributed by atoms with Crippen molar-refractivity contribution in [1.29, 1.82) is 0 Å². The van der Waals surface area contributed by atoms with Gasteiger partial charge in [-0.05, 0) is 37.5 Å². The lowest BCUT2D eigenvalue weighted by Gasteiger charge is -2.34.